The van der Waals surface area contributed by atoms with Gasteiger partial charge in [0.1, 0.15) is 0 Å². The first-order valence-electron chi connectivity index (χ1n) is 9.38. The summed E-state index contributed by atoms with van der Waals surface area (Å²) in [4.78, 5) is 20.9. The molecule has 0 aromatic heterocycles. The fourth-order valence-corrected chi connectivity index (χ4v) is 2.04. The molecule has 0 aliphatic carbocycles. The Morgan fingerprint density at radius 3 is 1.85 bits per heavy atom. The Labute approximate surface area is 162 Å². The monoisotopic (exact) mass is 373 g/mol. The highest BCUT2D eigenvalue weighted by Crippen LogP contribution is 2.06. The zero-order valence-corrected chi connectivity index (χ0v) is 16.1. The van der Waals surface area contributed by atoms with Crippen LogP contribution < -0.4 is 0 Å². The van der Waals surface area contributed by atoms with Gasteiger partial charge in [0.05, 0.1) is 11.3 Å². The fourth-order valence-electron chi connectivity index (χ4n) is 2.04. The van der Waals surface area contributed by atoms with E-state index in [4.69, 9.17) is 5.11 Å². The average molecular weight is 373 g/mol. The fraction of sp³-hybridized carbons (Fsp3) is 0.409. The largest absolute Gasteiger partial charge is 0.481 e. The minimum absolute atomic E-state index is 0.176. The Hall–Kier alpha value is -2.69. The Bertz CT molecular complexity index is 595. The molecule has 0 radical (unpaired) electrons. The number of hydrogen-bond acceptors (Lipinski definition) is 3. The first-order valence-corrected chi connectivity index (χ1v) is 9.38. The third-order valence-corrected chi connectivity index (χ3v) is 3.46. The van der Waals surface area contributed by atoms with E-state index in [1.807, 2.05) is 49.5 Å². The topological polar surface area (TPSA) is 80.4 Å². The Balaban J connectivity index is 3.90. The van der Waals surface area contributed by atoms with Gasteiger partial charge in [-0.2, -0.15) is 0 Å². The molecule has 0 spiro atoms. The van der Waals surface area contributed by atoms with Gasteiger partial charge in [0, 0.05) is 6.42 Å². The molecule has 5 heteroatoms. The van der Waals surface area contributed by atoms with Gasteiger partial charge in [0.15, 0.2) is 0 Å². The summed E-state index contributed by atoms with van der Waals surface area (Å²) in [5.41, 5.74) is 0.238. The summed E-state index contributed by atoms with van der Waals surface area (Å²) in [6.07, 6.45) is 26.5. The van der Waals surface area contributed by atoms with Crippen molar-refractivity contribution in [1.29, 1.82) is 0 Å². The van der Waals surface area contributed by atoms with E-state index in [9.17, 15) is 14.9 Å². The number of carboxylic acids is 1. The zero-order chi connectivity index (χ0) is 20.2. The molecule has 27 heavy (non-hydrogen) atoms. The molecule has 0 aliphatic heterocycles. The van der Waals surface area contributed by atoms with Gasteiger partial charge < -0.3 is 5.11 Å². The number of rotatable bonds is 15. The molecule has 0 aromatic carbocycles. The van der Waals surface area contributed by atoms with Crippen LogP contribution in [0.2, 0.25) is 0 Å². The van der Waals surface area contributed by atoms with Crippen molar-refractivity contribution in [2.75, 3.05) is 0 Å². The minimum Gasteiger partial charge on any atom is -0.481 e. The van der Waals surface area contributed by atoms with Crippen molar-refractivity contribution in [2.24, 2.45) is 0 Å². The molecule has 148 valence electrons. The van der Waals surface area contributed by atoms with Crippen LogP contribution in [0.5, 0.6) is 0 Å². The molecule has 0 amide bonds. The second kappa shape index (κ2) is 18.1. The number of carboxylic acid groups (broad SMARTS) is 1. The summed E-state index contributed by atoms with van der Waals surface area (Å²) in [6.45, 7) is 2.00. The van der Waals surface area contributed by atoms with Crippen molar-refractivity contribution in [3.63, 3.8) is 0 Å². The molecule has 5 nitrogen and oxygen atoms in total. The van der Waals surface area contributed by atoms with Crippen LogP contribution in [-0.4, -0.2) is 16.0 Å². The lowest BCUT2D eigenvalue weighted by atomic mass is 10.2. The highest BCUT2D eigenvalue weighted by Gasteiger charge is 2.05. The van der Waals surface area contributed by atoms with Crippen molar-refractivity contribution in [1.82, 2.24) is 0 Å². The van der Waals surface area contributed by atoms with E-state index in [0.29, 0.717) is 19.3 Å². The molecule has 0 saturated carbocycles. The maximum Gasteiger partial charge on any atom is 0.303 e. The highest BCUT2D eigenvalue weighted by atomic mass is 16.6. The van der Waals surface area contributed by atoms with E-state index in [1.165, 1.54) is 0 Å². The first kappa shape index (κ1) is 24.3. The number of nitrogens with zero attached hydrogens (tertiary/aromatic N) is 1. The maximum absolute atomic E-state index is 10.9. The van der Waals surface area contributed by atoms with Crippen LogP contribution in [0.25, 0.3) is 0 Å². The van der Waals surface area contributed by atoms with Gasteiger partial charge in [-0.15, -0.1) is 0 Å². The lowest BCUT2D eigenvalue weighted by Gasteiger charge is -1.93. The Morgan fingerprint density at radius 1 is 0.852 bits per heavy atom. The Morgan fingerprint density at radius 2 is 1.37 bits per heavy atom. The first-order chi connectivity index (χ1) is 13.1. The van der Waals surface area contributed by atoms with Gasteiger partial charge in [-0.25, -0.2) is 0 Å². The van der Waals surface area contributed by atoms with Crippen LogP contribution >= 0.6 is 0 Å². The molecule has 0 bridgehead atoms. The van der Waals surface area contributed by atoms with Crippen molar-refractivity contribution in [3.8, 4) is 0 Å². The summed E-state index contributed by atoms with van der Waals surface area (Å²) in [5, 5.41) is 19.4. The summed E-state index contributed by atoms with van der Waals surface area (Å²) < 4.78 is 0. The molecule has 0 aliphatic rings. The van der Waals surface area contributed by atoms with Crippen LogP contribution in [0.1, 0.15) is 58.3 Å². The van der Waals surface area contributed by atoms with Gasteiger partial charge in [0.25, 0.3) is 0 Å². The van der Waals surface area contributed by atoms with E-state index < -0.39 is 5.97 Å². The average Bonchev–Trinajstić information content (AvgIpc) is 2.63. The molecular weight excluding hydrogens is 342 g/mol. The van der Waals surface area contributed by atoms with E-state index in [0.717, 1.165) is 25.7 Å². The molecule has 0 unspecified atom stereocenters. The van der Waals surface area contributed by atoms with Gasteiger partial charge in [0.2, 0.25) is 5.70 Å². The predicted octanol–water partition coefficient (Wildman–Crippen LogP) is 6.15. The van der Waals surface area contributed by atoms with E-state index in [-0.39, 0.29) is 17.0 Å². The normalized spacial score (nSPS) is 13.1. The number of aliphatic carboxylic acids is 1. The smallest absolute Gasteiger partial charge is 0.303 e. The molecule has 1 N–H and O–H groups in total. The lowest BCUT2D eigenvalue weighted by molar-refractivity contribution is -0.427. The molecular formula is C22H31NO4. The van der Waals surface area contributed by atoms with Crippen molar-refractivity contribution in [2.45, 2.75) is 58.3 Å². The second-order valence-corrected chi connectivity index (χ2v) is 5.80. The maximum atomic E-state index is 10.9. The Kier molecular flexibility index (Phi) is 16.3. The lowest BCUT2D eigenvalue weighted by Crippen LogP contribution is -1.97. The quantitative estimate of drug-likeness (QED) is 0.212. The molecule has 0 rings (SSSR count). The predicted molar refractivity (Wildman–Crippen MR) is 111 cm³/mol. The third kappa shape index (κ3) is 17.9. The van der Waals surface area contributed by atoms with Crippen LogP contribution in [0.4, 0.5) is 0 Å². The van der Waals surface area contributed by atoms with E-state index in [2.05, 4.69) is 18.2 Å². The molecule has 0 aromatic rings. The van der Waals surface area contributed by atoms with Gasteiger partial charge in [-0.05, 0) is 44.6 Å². The third-order valence-electron chi connectivity index (χ3n) is 3.46. The van der Waals surface area contributed by atoms with E-state index in [1.54, 1.807) is 6.08 Å². The summed E-state index contributed by atoms with van der Waals surface area (Å²) in [7, 11) is 0. The number of allylic oxidation sites excluding steroid dienone is 11. The minimum atomic E-state index is -0.771. The van der Waals surface area contributed by atoms with Crippen LogP contribution in [0.3, 0.4) is 0 Å². The number of hydrogen-bond donors (Lipinski definition) is 1. The van der Waals surface area contributed by atoms with Crippen LogP contribution in [0.15, 0.2) is 72.5 Å². The van der Waals surface area contributed by atoms with E-state index >= 15 is 0 Å². The number of nitro groups is 1. The molecule has 0 atom stereocenters. The van der Waals surface area contributed by atoms with Gasteiger partial charge >= 0.3 is 5.97 Å². The van der Waals surface area contributed by atoms with Gasteiger partial charge in [-0.1, -0.05) is 67.7 Å². The SMILES string of the molecule is CCC=CCC(=CCC=CCC=CCC=CCC=CCCC(=O)O)[N+](=O)[O-]. The standard InChI is InChI=1S/C22H31NO4/c1-2-3-15-18-21(23(26)27)19-16-13-11-9-7-5-4-6-8-10-12-14-17-20-22(24)25/h3,5-8,11-15,19H,2,4,9-10,16-18,20H2,1H3,(H,24,25). The molecule has 0 saturated heterocycles. The summed E-state index contributed by atoms with van der Waals surface area (Å²) in [6, 6.07) is 0. The van der Waals surface area contributed by atoms with Crippen molar-refractivity contribution in [3.05, 3.63) is 82.6 Å². The highest BCUT2D eigenvalue weighted by molar-refractivity contribution is 5.66. The van der Waals surface area contributed by atoms with Crippen molar-refractivity contribution < 1.29 is 14.8 Å². The summed E-state index contributed by atoms with van der Waals surface area (Å²) >= 11 is 0. The zero-order valence-electron chi connectivity index (χ0n) is 16.1. The molecule has 0 heterocycles. The summed E-state index contributed by atoms with van der Waals surface area (Å²) in [5.74, 6) is -0.771. The second-order valence-electron chi connectivity index (χ2n) is 5.80. The van der Waals surface area contributed by atoms with Crippen molar-refractivity contribution >= 4 is 5.97 Å². The van der Waals surface area contributed by atoms with Gasteiger partial charge in [-0.3, -0.25) is 14.9 Å². The number of carbonyl (C=O) groups is 1. The molecule has 0 fully saturated rings. The van der Waals surface area contributed by atoms with Crippen LogP contribution in [-0.2, 0) is 4.79 Å². The van der Waals surface area contributed by atoms with Crippen LogP contribution in [0, 0.1) is 10.1 Å².